The van der Waals surface area contributed by atoms with Gasteiger partial charge in [0.05, 0.1) is 18.3 Å². The molecule has 4 rings (SSSR count). The normalized spacial score (nSPS) is 18.8. The van der Waals surface area contributed by atoms with Crippen molar-refractivity contribution in [3.05, 3.63) is 59.2 Å². The minimum atomic E-state index is -4.39. The van der Waals surface area contributed by atoms with Crippen molar-refractivity contribution in [1.29, 1.82) is 0 Å². The molecule has 0 radical (unpaired) electrons. The summed E-state index contributed by atoms with van der Waals surface area (Å²) in [6, 6.07) is 12.7. The number of ether oxygens (including phenoxy) is 1. The van der Waals surface area contributed by atoms with Gasteiger partial charge in [-0.2, -0.15) is 13.2 Å². The van der Waals surface area contributed by atoms with E-state index in [0.717, 1.165) is 56.8 Å². The molecule has 1 aliphatic carbocycles. The van der Waals surface area contributed by atoms with Crippen LogP contribution in [0.1, 0.15) is 75.0 Å². The SMILES string of the molecule is CCCC1CCN(Cc2ccc(-c3ccc(COC4CCCC4)c(C(F)(F)F)c3)cc2)CC1. The lowest BCUT2D eigenvalue weighted by molar-refractivity contribution is -0.139. The van der Waals surface area contributed by atoms with E-state index in [0.29, 0.717) is 5.56 Å². The Bertz CT molecular complexity index is 879. The minimum Gasteiger partial charge on any atom is -0.374 e. The fourth-order valence-corrected chi connectivity index (χ4v) is 5.31. The third kappa shape index (κ3) is 6.60. The van der Waals surface area contributed by atoms with Gasteiger partial charge < -0.3 is 4.74 Å². The van der Waals surface area contributed by atoms with E-state index in [1.807, 2.05) is 12.1 Å². The maximum atomic E-state index is 13.8. The van der Waals surface area contributed by atoms with Gasteiger partial charge in [0.25, 0.3) is 0 Å². The Balaban J connectivity index is 1.41. The Morgan fingerprint density at radius 3 is 2.21 bits per heavy atom. The molecule has 0 unspecified atom stereocenters. The molecule has 0 aromatic heterocycles. The monoisotopic (exact) mass is 459 g/mol. The number of hydrogen-bond donors (Lipinski definition) is 0. The van der Waals surface area contributed by atoms with Gasteiger partial charge >= 0.3 is 6.18 Å². The second-order valence-corrected chi connectivity index (χ2v) is 9.79. The average molecular weight is 460 g/mol. The number of nitrogens with zero attached hydrogens (tertiary/aromatic N) is 1. The summed E-state index contributed by atoms with van der Waals surface area (Å²) in [5, 5.41) is 0. The number of benzene rings is 2. The van der Waals surface area contributed by atoms with Crippen LogP contribution in [0.2, 0.25) is 0 Å². The third-order valence-electron chi connectivity index (χ3n) is 7.29. The summed E-state index contributed by atoms with van der Waals surface area (Å²) in [7, 11) is 0. The zero-order chi connectivity index (χ0) is 23.3. The van der Waals surface area contributed by atoms with Gasteiger partial charge in [-0.05, 0) is 73.0 Å². The fraction of sp³-hybridized carbons (Fsp3) is 0.571. The van der Waals surface area contributed by atoms with Gasteiger partial charge in [-0.15, -0.1) is 0 Å². The van der Waals surface area contributed by atoms with Gasteiger partial charge in [0.1, 0.15) is 0 Å². The molecule has 0 atom stereocenters. The molecule has 33 heavy (non-hydrogen) atoms. The summed E-state index contributed by atoms with van der Waals surface area (Å²) in [5.74, 6) is 0.864. The molecule has 2 aromatic rings. The van der Waals surface area contributed by atoms with Gasteiger partial charge in [-0.25, -0.2) is 0 Å². The van der Waals surface area contributed by atoms with Crippen molar-refractivity contribution in [3.63, 3.8) is 0 Å². The highest BCUT2D eigenvalue weighted by atomic mass is 19.4. The van der Waals surface area contributed by atoms with Crippen LogP contribution in [0.3, 0.4) is 0 Å². The van der Waals surface area contributed by atoms with Crippen LogP contribution < -0.4 is 0 Å². The molecular weight excluding hydrogens is 423 g/mol. The van der Waals surface area contributed by atoms with E-state index in [1.54, 1.807) is 12.1 Å². The Hall–Kier alpha value is -1.85. The molecule has 2 aliphatic rings. The number of hydrogen-bond acceptors (Lipinski definition) is 2. The Kier molecular flexibility index (Phi) is 8.13. The molecule has 2 fully saturated rings. The number of rotatable bonds is 8. The number of alkyl halides is 3. The molecule has 0 amide bonds. The van der Waals surface area contributed by atoms with Gasteiger partial charge in [0.2, 0.25) is 0 Å². The largest absolute Gasteiger partial charge is 0.416 e. The number of piperidine rings is 1. The van der Waals surface area contributed by atoms with Crippen LogP contribution in [0.5, 0.6) is 0 Å². The van der Waals surface area contributed by atoms with Crippen LogP contribution in [0, 0.1) is 5.92 Å². The van der Waals surface area contributed by atoms with Crippen molar-refractivity contribution < 1.29 is 17.9 Å². The second-order valence-electron chi connectivity index (χ2n) is 9.79. The maximum absolute atomic E-state index is 13.8. The highest BCUT2D eigenvalue weighted by Gasteiger charge is 2.34. The predicted octanol–water partition coefficient (Wildman–Crippen LogP) is 7.84. The first-order valence-corrected chi connectivity index (χ1v) is 12.6. The van der Waals surface area contributed by atoms with Crippen LogP contribution in [0.15, 0.2) is 42.5 Å². The number of likely N-dealkylation sites (tertiary alicyclic amines) is 1. The van der Waals surface area contributed by atoms with Crippen LogP contribution in [-0.2, 0) is 24.1 Å². The molecule has 0 bridgehead atoms. The van der Waals surface area contributed by atoms with Gasteiger partial charge in [-0.1, -0.05) is 69.0 Å². The summed E-state index contributed by atoms with van der Waals surface area (Å²) in [5.41, 5.74) is 2.26. The van der Waals surface area contributed by atoms with E-state index >= 15 is 0 Å². The first kappa shape index (κ1) is 24.3. The van der Waals surface area contributed by atoms with E-state index in [9.17, 15) is 13.2 Å². The van der Waals surface area contributed by atoms with Crippen LogP contribution in [0.4, 0.5) is 13.2 Å². The quantitative estimate of drug-likeness (QED) is 0.399. The molecule has 2 nitrogen and oxygen atoms in total. The highest BCUT2D eigenvalue weighted by Crippen LogP contribution is 2.36. The molecular formula is C28H36F3NO. The maximum Gasteiger partial charge on any atom is 0.416 e. The van der Waals surface area contributed by atoms with Crippen molar-refractivity contribution >= 4 is 0 Å². The predicted molar refractivity (Wildman–Crippen MR) is 127 cm³/mol. The molecule has 0 spiro atoms. The third-order valence-corrected chi connectivity index (χ3v) is 7.29. The van der Waals surface area contributed by atoms with E-state index in [2.05, 4.69) is 24.0 Å². The summed E-state index contributed by atoms with van der Waals surface area (Å²) < 4.78 is 47.1. The van der Waals surface area contributed by atoms with E-state index in [1.165, 1.54) is 37.3 Å². The fourth-order valence-electron chi connectivity index (χ4n) is 5.31. The van der Waals surface area contributed by atoms with Gasteiger partial charge in [0, 0.05) is 6.54 Å². The van der Waals surface area contributed by atoms with Crippen molar-refractivity contribution in [2.45, 2.75) is 83.7 Å². The lowest BCUT2D eigenvalue weighted by atomic mass is 9.92. The van der Waals surface area contributed by atoms with E-state index in [4.69, 9.17) is 4.74 Å². The highest BCUT2D eigenvalue weighted by molar-refractivity contribution is 5.65. The summed E-state index contributed by atoms with van der Waals surface area (Å²) >= 11 is 0. The zero-order valence-corrected chi connectivity index (χ0v) is 19.7. The topological polar surface area (TPSA) is 12.5 Å². The molecule has 2 aromatic carbocycles. The van der Waals surface area contributed by atoms with Crippen LogP contribution in [0.25, 0.3) is 11.1 Å². The Morgan fingerprint density at radius 2 is 1.58 bits per heavy atom. The van der Waals surface area contributed by atoms with Crippen LogP contribution >= 0.6 is 0 Å². The molecule has 1 saturated carbocycles. The summed E-state index contributed by atoms with van der Waals surface area (Å²) in [4.78, 5) is 2.49. The first-order chi connectivity index (χ1) is 15.9. The molecule has 1 saturated heterocycles. The van der Waals surface area contributed by atoms with E-state index in [-0.39, 0.29) is 18.3 Å². The van der Waals surface area contributed by atoms with Gasteiger partial charge in [0.15, 0.2) is 0 Å². The van der Waals surface area contributed by atoms with Crippen molar-refractivity contribution in [3.8, 4) is 11.1 Å². The molecule has 1 heterocycles. The lowest BCUT2D eigenvalue weighted by Crippen LogP contribution is -2.33. The standard InChI is InChI=1S/C28H36F3NO/c1-2-5-21-14-16-32(17-15-21)19-22-8-10-23(11-9-22)24-12-13-25(27(18-24)28(29,30)31)20-33-26-6-3-4-7-26/h8-13,18,21,26H,2-7,14-17,19-20H2,1H3. The van der Waals surface area contributed by atoms with Crippen molar-refractivity contribution in [1.82, 2.24) is 4.90 Å². The first-order valence-electron chi connectivity index (χ1n) is 12.6. The average Bonchev–Trinajstić information content (AvgIpc) is 3.33. The smallest absolute Gasteiger partial charge is 0.374 e. The van der Waals surface area contributed by atoms with Crippen molar-refractivity contribution in [2.75, 3.05) is 13.1 Å². The van der Waals surface area contributed by atoms with Gasteiger partial charge in [-0.3, -0.25) is 4.90 Å². The van der Waals surface area contributed by atoms with E-state index < -0.39 is 11.7 Å². The second kappa shape index (κ2) is 11.1. The summed E-state index contributed by atoms with van der Waals surface area (Å²) in [6.07, 6.45) is 4.91. The minimum absolute atomic E-state index is 0.0215. The summed E-state index contributed by atoms with van der Waals surface area (Å²) in [6.45, 7) is 5.44. The molecule has 180 valence electrons. The Morgan fingerprint density at radius 1 is 0.909 bits per heavy atom. The zero-order valence-electron chi connectivity index (χ0n) is 19.7. The Labute approximate surface area is 196 Å². The molecule has 1 aliphatic heterocycles. The van der Waals surface area contributed by atoms with Crippen molar-refractivity contribution in [2.24, 2.45) is 5.92 Å². The van der Waals surface area contributed by atoms with Crippen LogP contribution in [-0.4, -0.2) is 24.1 Å². The number of halogens is 3. The molecule has 0 N–H and O–H groups in total. The lowest BCUT2D eigenvalue weighted by Gasteiger charge is -2.31. The molecule has 5 heteroatoms.